The lowest BCUT2D eigenvalue weighted by molar-refractivity contribution is -0.131. The fourth-order valence-corrected chi connectivity index (χ4v) is 5.93. The minimum Gasteiger partial charge on any atom is -0.483 e. The number of fused-ring (bicyclic) bond motifs is 2. The van der Waals surface area contributed by atoms with Crippen LogP contribution in [0.1, 0.15) is 35.8 Å². The topological polar surface area (TPSA) is 117 Å². The number of nitrogens with one attached hydrogen (secondary N) is 3. The van der Waals surface area contributed by atoms with E-state index in [1.165, 1.54) is 7.11 Å². The number of likely N-dealkylation sites (tertiary alicyclic amines) is 1. The van der Waals surface area contributed by atoms with Gasteiger partial charge < -0.3 is 34.4 Å². The van der Waals surface area contributed by atoms with Gasteiger partial charge in [-0.3, -0.25) is 4.79 Å². The summed E-state index contributed by atoms with van der Waals surface area (Å²) in [5.74, 6) is 2.81. The molecule has 1 atom stereocenters. The van der Waals surface area contributed by atoms with Crippen molar-refractivity contribution in [2.24, 2.45) is 0 Å². The van der Waals surface area contributed by atoms with Gasteiger partial charge in [-0.15, -0.1) is 0 Å². The van der Waals surface area contributed by atoms with Gasteiger partial charge in [0.1, 0.15) is 17.3 Å². The number of rotatable bonds is 8. The standard InChI is InChI=1S/C32H32N6O4/c1-20(40-2)34-16-30(39)38-11-3-4-27(38)31-35-15-26(37-31)23-9-10-28-24(12-23)32(17-41-18-32)13-29(42-28)22-7-5-21(6-8-22)25-14-33-19-36-25/h5-10,12-15,19,27,34H,1,3-4,11,16-18H2,2H3,(H,33,36)(H,35,37)/t27-/m0/s1. The van der Waals surface area contributed by atoms with Gasteiger partial charge in [-0.2, -0.15) is 0 Å². The normalized spacial score (nSPS) is 18.5. The number of H-pyrrole nitrogens is 2. The fourth-order valence-electron chi connectivity index (χ4n) is 5.93. The van der Waals surface area contributed by atoms with Crippen LogP contribution in [0.25, 0.3) is 28.3 Å². The number of carbonyl (C=O) groups excluding carboxylic acids is 1. The van der Waals surface area contributed by atoms with Crippen molar-refractivity contribution in [3.63, 3.8) is 0 Å². The van der Waals surface area contributed by atoms with E-state index in [4.69, 9.17) is 19.2 Å². The molecule has 10 nitrogen and oxygen atoms in total. The average molecular weight is 565 g/mol. The summed E-state index contributed by atoms with van der Waals surface area (Å²) in [6, 6.07) is 14.4. The molecule has 2 aromatic carbocycles. The van der Waals surface area contributed by atoms with E-state index in [1.54, 1.807) is 6.33 Å². The Labute approximate surface area is 243 Å². The number of hydrogen-bond acceptors (Lipinski definition) is 7. The van der Waals surface area contributed by atoms with Gasteiger partial charge >= 0.3 is 0 Å². The van der Waals surface area contributed by atoms with Gasteiger partial charge in [0.15, 0.2) is 5.88 Å². The largest absolute Gasteiger partial charge is 0.483 e. The Hall–Kier alpha value is -4.83. The second kappa shape index (κ2) is 10.5. The van der Waals surface area contributed by atoms with Gasteiger partial charge in [0.05, 0.1) is 68.4 Å². The summed E-state index contributed by atoms with van der Waals surface area (Å²) in [7, 11) is 1.52. The molecule has 5 heterocycles. The van der Waals surface area contributed by atoms with Crippen LogP contribution in [0.2, 0.25) is 0 Å². The number of ether oxygens (including phenoxy) is 3. The molecule has 42 heavy (non-hydrogen) atoms. The SMILES string of the molecule is C=C(NCC(=O)N1CCC[C@H]1c1ncc(-c2ccc3c(c2)C2(C=C(c4ccc(-c5cnc[nH]5)cc4)O3)COC2)[nH]1)OC. The first-order valence-corrected chi connectivity index (χ1v) is 14.1. The van der Waals surface area contributed by atoms with E-state index < -0.39 is 0 Å². The molecule has 7 rings (SSSR count). The molecule has 2 saturated heterocycles. The number of amides is 1. The van der Waals surface area contributed by atoms with Crippen LogP contribution in [0, 0.1) is 0 Å². The lowest BCUT2D eigenvalue weighted by Crippen LogP contribution is -2.47. The maximum absolute atomic E-state index is 12.9. The minimum absolute atomic E-state index is 0.00922. The third-order valence-electron chi connectivity index (χ3n) is 8.32. The van der Waals surface area contributed by atoms with Gasteiger partial charge in [0, 0.05) is 23.2 Å². The third kappa shape index (κ3) is 4.63. The Morgan fingerprint density at radius 3 is 2.69 bits per heavy atom. The summed E-state index contributed by atoms with van der Waals surface area (Å²) in [6.45, 7) is 5.74. The molecule has 0 aliphatic carbocycles. The number of imidazole rings is 2. The molecule has 0 radical (unpaired) electrons. The van der Waals surface area contributed by atoms with Crippen LogP contribution in [-0.4, -0.2) is 64.2 Å². The lowest BCUT2D eigenvalue weighted by Gasteiger charge is -2.43. The second-order valence-electron chi connectivity index (χ2n) is 10.9. The maximum atomic E-state index is 12.9. The minimum atomic E-state index is -0.252. The first kappa shape index (κ1) is 26.1. The summed E-state index contributed by atoms with van der Waals surface area (Å²) in [6.07, 6.45) is 9.32. The Balaban J connectivity index is 1.12. The van der Waals surface area contributed by atoms with Crippen molar-refractivity contribution in [3.8, 4) is 28.3 Å². The quantitative estimate of drug-likeness (QED) is 0.269. The van der Waals surface area contributed by atoms with E-state index in [1.807, 2.05) is 29.4 Å². The Bertz CT molecular complexity index is 1650. The molecule has 1 amide bonds. The van der Waals surface area contributed by atoms with E-state index in [0.29, 0.717) is 25.6 Å². The molecule has 3 aliphatic rings. The predicted molar refractivity (Wildman–Crippen MR) is 157 cm³/mol. The molecule has 0 saturated carbocycles. The molecule has 3 N–H and O–H groups in total. The maximum Gasteiger partial charge on any atom is 0.242 e. The lowest BCUT2D eigenvalue weighted by atomic mass is 9.75. The van der Waals surface area contributed by atoms with Crippen LogP contribution in [0.15, 0.2) is 79.7 Å². The van der Waals surface area contributed by atoms with Crippen molar-refractivity contribution in [2.45, 2.75) is 24.3 Å². The third-order valence-corrected chi connectivity index (χ3v) is 8.32. The van der Waals surface area contributed by atoms with E-state index in [0.717, 1.165) is 63.8 Å². The zero-order chi connectivity index (χ0) is 28.7. The van der Waals surface area contributed by atoms with Crippen molar-refractivity contribution in [1.29, 1.82) is 0 Å². The molecule has 3 aliphatic heterocycles. The van der Waals surface area contributed by atoms with Gasteiger partial charge in [-0.1, -0.05) is 24.3 Å². The number of methoxy groups -OCH3 is 1. The van der Waals surface area contributed by atoms with Crippen molar-refractivity contribution in [3.05, 3.63) is 96.7 Å². The van der Waals surface area contributed by atoms with Crippen LogP contribution >= 0.6 is 0 Å². The molecular weight excluding hydrogens is 532 g/mol. The second-order valence-corrected chi connectivity index (χ2v) is 10.9. The molecule has 2 fully saturated rings. The average Bonchev–Trinajstić information content (AvgIpc) is 3.80. The van der Waals surface area contributed by atoms with Crippen LogP contribution < -0.4 is 10.1 Å². The van der Waals surface area contributed by atoms with Crippen molar-refractivity contribution >= 4 is 11.7 Å². The monoisotopic (exact) mass is 564 g/mol. The van der Waals surface area contributed by atoms with Crippen LogP contribution in [-0.2, 0) is 19.7 Å². The fraction of sp³-hybridized carbons (Fsp3) is 0.281. The number of nitrogens with zero attached hydrogens (tertiary/aromatic N) is 3. The van der Waals surface area contributed by atoms with E-state index >= 15 is 0 Å². The van der Waals surface area contributed by atoms with E-state index in [9.17, 15) is 4.79 Å². The van der Waals surface area contributed by atoms with Crippen molar-refractivity contribution < 1.29 is 19.0 Å². The summed E-state index contributed by atoms with van der Waals surface area (Å²) in [5.41, 5.74) is 5.81. The predicted octanol–water partition coefficient (Wildman–Crippen LogP) is 4.54. The molecule has 1 spiro atoms. The Kier molecular flexibility index (Phi) is 6.54. The molecule has 4 aromatic rings. The first-order valence-electron chi connectivity index (χ1n) is 14.1. The van der Waals surface area contributed by atoms with Gasteiger partial charge in [-0.05, 0) is 49.3 Å². The first-order chi connectivity index (χ1) is 20.5. The molecule has 2 aromatic heterocycles. The summed E-state index contributed by atoms with van der Waals surface area (Å²) in [5, 5.41) is 2.91. The highest BCUT2D eigenvalue weighted by molar-refractivity contribution is 5.79. The molecule has 0 unspecified atom stereocenters. The highest BCUT2D eigenvalue weighted by Gasteiger charge is 2.44. The van der Waals surface area contributed by atoms with Crippen LogP contribution in [0.3, 0.4) is 0 Å². The molecule has 214 valence electrons. The molecule has 0 bridgehead atoms. The van der Waals surface area contributed by atoms with Crippen molar-refractivity contribution in [1.82, 2.24) is 30.2 Å². The number of benzene rings is 2. The van der Waals surface area contributed by atoms with Crippen LogP contribution in [0.4, 0.5) is 0 Å². The Morgan fingerprint density at radius 1 is 1.14 bits per heavy atom. The number of hydrogen-bond donors (Lipinski definition) is 3. The van der Waals surface area contributed by atoms with Gasteiger partial charge in [0.2, 0.25) is 5.91 Å². The van der Waals surface area contributed by atoms with Crippen molar-refractivity contribution in [2.75, 3.05) is 33.4 Å². The van der Waals surface area contributed by atoms with E-state index in [2.05, 4.69) is 63.3 Å². The number of aromatic nitrogens is 4. The summed E-state index contributed by atoms with van der Waals surface area (Å²) in [4.78, 5) is 30.2. The molecular formula is C32H32N6O4. The number of carbonyl (C=O) groups is 1. The highest BCUT2D eigenvalue weighted by Crippen LogP contribution is 2.47. The summed E-state index contributed by atoms with van der Waals surface area (Å²) < 4.78 is 17.2. The smallest absolute Gasteiger partial charge is 0.242 e. The summed E-state index contributed by atoms with van der Waals surface area (Å²) >= 11 is 0. The zero-order valence-electron chi connectivity index (χ0n) is 23.4. The molecule has 10 heteroatoms. The van der Waals surface area contributed by atoms with Gasteiger partial charge in [0.25, 0.3) is 0 Å². The van der Waals surface area contributed by atoms with Crippen LogP contribution in [0.5, 0.6) is 5.75 Å². The Morgan fingerprint density at radius 2 is 1.95 bits per heavy atom. The highest BCUT2D eigenvalue weighted by atomic mass is 16.5. The zero-order valence-corrected chi connectivity index (χ0v) is 23.4. The van der Waals surface area contributed by atoms with E-state index in [-0.39, 0.29) is 23.9 Å². The number of aromatic amines is 2. The van der Waals surface area contributed by atoms with Gasteiger partial charge in [-0.25, -0.2) is 9.97 Å².